The highest BCUT2D eigenvalue weighted by Crippen LogP contribution is 2.18. The summed E-state index contributed by atoms with van der Waals surface area (Å²) in [4.78, 5) is 18.0. The molecule has 2 rings (SSSR count). The smallest absolute Gasteiger partial charge is 0.410 e. The topological polar surface area (TPSA) is 86.3 Å². The first-order chi connectivity index (χ1) is 11.1. The van der Waals surface area contributed by atoms with Gasteiger partial charge in [-0.15, -0.1) is 0 Å². The molecule has 0 aliphatic carbocycles. The molecule has 0 N–H and O–H groups in total. The normalized spacial score (nSPS) is 13.0. The molecule has 0 unspecified atom stereocenters. The number of likely N-dealkylation sites (N-methyl/N-ethyl adjacent to an activating group) is 1. The molecule has 0 bridgehead atoms. The minimum absolute atomic E-state index is 0.126. The second kappa shape index (κ2) is 6.62. The number of rotatable bonds is 4. The van der Waals surface area contributed by atoms with Crippen LogP contribution >= 0.6 is 0 Å². The summed E-state index contributed by atoms with van der Waals surface area (Å²) in [6.45, 7) is 9.33. The molecule has 132 valence electrons. The van der Waals surface area contributed by atoms with E-state index in [-0.39, 0.29) is 12.1 Å². The lowest BCUT2D eigenvalue weighted by Gasteiger charge is -2.28. The number of amides is 1. The first kappa shape index (κ1) is 18.0. The van der Waals surface area contributed by atoms with Gasteiger partial charge in [0.25, 0.3) is 5.89 Å². The van der Waals surface area contributed by atoms with Gasteiger partial charge in [-0.3, -0.25) is 4.68 Å². The van der Waals surface area contributed by atoms with E-state index in [1.54, 1.807) is 11.7 Å². The van der Waals surface area contributed by atoms with E-state index in [4.69, 9.17) is 9.26 Å². The van der Waals surface area contributed by atoms with E-state index in [2.05, 4.69) is 15.2 Å². The summed E-state index contributed by atoms with van der Waals surface area (Å²) in [6.07, 6.45) is 0.0942. The van der Waals surface area contributed by atoms with Gasteiger partial charge in [0.05, 0.1) is 5.69 Å². The Morgan fingerprint density at radius 3 is 2.67 bits per heavy atom. The summed E-state index contributed by atoms with van der Waals surface area (Å²) < 4.78 is 12.4. The number of hydrogen-bond donors (Lipinski definition) is 0. The van der Waals surface area contributed by atoms with Crippen molar-refractivity contribution in [1.82, 2.24) is 24.8 Å². The fraction of sp³-hybridized carbons (Fsp3) is 0.625. The lowest BCUT2D eigenvalue weighted by Crippen LogP contribution is -2.40. The number of ether oxygens (including phenoxy) is 1. The molecule has 2 aromatic heterocycles. The SMILES string of the molecule is Cc1cc(-c2nc(C[C@H](C)N(C)C(=O)OC(C)(C)C)no2)n(C)n1. The molecule has 24 heavy (non-hydrogen) atoms. The van der Waals surface area contributed by atoms with Crippen molar-refractivity contribution < 1.29 is 14.1 Å². The standard InChI is InChI=1S/C16H25N5O3/c1-10-8-12(21(7)18-10)14-17-13(19-24-14)9-11(2)20(6)15(22)23-16(3,4)5/h8,11H,9H2,1-7H3/t11-/m0/s1. The van der Waals surface area contributed by atoms with Crippen LogP contribution in [0.2, 0.25) is 0 Å². The number of aryl methyl sites for hydroxylation is 2. The van der Waals surface area contributed by atoms with Crippen LogP contribution in [0.25, 0.3) is 11.6 Å². The van der Waals surface area contributed by atoms with Crippen LogP contribution < -0.4 is 0 Å². The van der Waals surface area contributed by atoms with Crippen molar-refractivity contribution in [3.05, 3.63) is 17.6 Å². The Bertz CT molecular complexity index is 714. The van der Waals surface area contributed by atoms with Crippen molar-refractivity contribution in [1.29, 1.82) is 0 Å². The molecule has 0 aromatic carbocycles. The van der Waals surface area contributed by atoms with E-state index in [1.165, 1.54) is 4.90 Å². The molecule has 2 heterocycles. The molecule has 1 atom stereocenters. The van der Waals surface area contributed by atoms with Crippen molar-refractivity contribution >= 4 is 6.09 Å². The van der Waals surface area contributed by atoms with Gasteiger partial charge in [-0.2, -0.15) is 10.1 Å². The lowest BCUT2D eigenvalue weighted by molar-refractivity contribution is 0.0234. The number of hydrogen-bond acceptors (Lipinski definition) is 6. The number of carbonyl (C=O) groups excluding carboxylic acids is 1. The van der Waals surface area contributed by atoms with Gasteiger partial charge in [-0.1, -0.05) is 5.16 Å². The van der Waals surface area contributed by atoms with Gasteiger partial charge in [-0.25, -0.2) is 4.79 Å². The minimum Gasteiger partial charge on any atom is -0.444 e. The highest BCUT2D eigenvalue weighted by Gasteiger charge is 2.24. The molecule has 0 aliphatic rings. The highest BCUT2D eigenvalue weighted by atomic mass is 16.6. The molecule has 0 radical (unpaired) electrons. The predicted molar refractivity (Wildman–Crippen MR) is 88.4 cm³/mol. The van der Waals surface area contributed by atoms with Crippen LogP contribution in [-0.2, 0) is 18.2 Å². The van der Waals surface area contributed by atoms with Gasteiger partial charge in [0, 0.05) is 26.6 Å². The molecule has 0 saturated heterocycles. The van der Waals surface area contributed by atoms with E-state index >= 15 is 0 Å². The Labute approximate surface area is 141 Å². The van der Waals surface area contributed by atoms with E-state index in [0.29, 0.717) is 18.1 Å². The number of nitrogens with zero attached hydrogens (tertiary/aromatic N) is 5. The molecular formula is C16H25N5O3. The fourth-order valence-corrected chi connectivity index (χ4v) is 2.17. The molecule has 0 spiro atoms. The second-order valence-electron chi connectivity index (χ2n) is 6.95. The first-order valence-electron chi connectivity index (χ1n) is 7.86. The third-order valence-electron chi connectivity index (χ3n) is 3.51. The third-order valence-corrected chi connectivity index (χ3v) is 3.51. The Kier molecular flexibility index (Phi) is 4.96. The summed E-state index contributed by atoms with van der Waals surface area (Å²) in [6, 6.07) is 1.76. The van der Waals surface area contributed by atoms with Crippen LogP contribution in [0.15, 0.2) is 10.6 Å². The summed E-state index contributed by atoms with van der Waals surface area (Å²) in [5, 5.41) is 8.26. The summed E-state index contributed by atoms with van der Waals surface area (Å²) in [5.74, 6) is 0.951. The zero-order valence-electron chi connectivity index (χ0n) is 15.3. The van der Waals surface area contributed by atoms with E-state index in [0.717, 1.165) is 11.4 Å². The maximum atomic E-state index is 12.1. The highest BCUT2D eigenvalue weighted by molar-refractivity contribution is 5.68. The van der Waals surface area contributed by atoms with Crippen molar-refractivity contribution in [2.45, 2.75) is 52.7 Å². The minimum atomic E-state index is -0.526. The molecule has 0 saturated carbocycles. The van der Waals surface area contributed by atoms with Crippen LogP contribution in [0.4, 0.5) is 4.79 Å². The molecular weight excluding hydrogens is 310 g/mol. The molecule has 8 nitrogen and oxygen atoms in total. The average Bonchev–Trinajstić information content (AvgIpc) is 3.02. The average molecular weight is 335 g/mol. The van der Waals surface area contributed by atoms with Gasteiger partial charge in [0.1, 0.15) is 11.3 Å². The van der Waals surface area contributed by atoms with Gasteiger partial charge in [-0.05, 0) is 40.7 Å². The van der Waals surface area contributed by atoms with Gasteiger partial charge >= 0.3 is 6.09 Å². The van der Waals surface area contributed by atoms with Crippen LogP contribution in [0, 0.1) is 6.92 Å². The van der Waals surface area contributed by atoms with Crippen molar-refractivity contribution in [2.75, 3.05) is 7.05 Å². The van der Waals surface area contributed by atoms with Gasteiger partial charge < -0.3 is 14.2 Å². The second-order valence-corrected chi connectivity index (χ2v) is 6.95. The number of carbonyl (C=O) groups is 1. The maximum Gasteiger partial charge on any atom is 0.410 e. The zero-order valence-corrected chi connectivity index (χ0v) is 15.3. The molecule has 0 aliphatic heterocycles. The van der Waals surface area contributed by atoms with Crippen LogP contribution in [0.5, 0.6) is 0 Å². The fourth-order valence-electron chi connectivity index (χ4n) is 2.17. The van der Waals surface area contributed by atoms with Crippen molar-refractivity contribution in [3.8, 4) is 11.6 Å². The van der Waals surface area contributed by atoms with Crippen molar-refractivity contribution in [3.63, 3.8) is 0 Å². The van der Waals surface area contributed by atoms with E-state index in [9.17, 15) is 4.79 Å². The van der Waals surface area contributed by atoms with Crippen LogP contribution in [0.1, 0.15) is 39.2 Å². The predicted octanol–water partition coefficient (Wildman–Crippen LogP) is 2.58. The quantitative estimate of drug-likeness (QED) is 0.853. The maximum absolute atomic E-state index is 12.1. The Morgan fingerprint density at radius 1 is 1.46 bits per heavy atom. The molecule has 0 fully saturated rings. The van der Waals surface area contributed by atoms with Gasteiger partial charge in [0.2, 0.25) is 0 Å². The zero-order chi connectivity index (χ0) is 18.1. The van der Waals surface area contributed by atoms with Crippen molar-refractivity contribution in [2.24, 2.45) is 7.05 Å². The first-order valence-corrected chi connectivity index (χ1v) is 7.86. The lowest BCUT2D eigenvalue weighted by atomic mass is 10.2. The summed E-state index contributed by atoms with van der Waals surface area (Å²) in [7, 11) is 3.52. The van der Waals surface area contributed by atoms with E-state index < -0.39 is 5.60 Å². The molecule has 2 aromatic rings. The Balaban J connectivity index is 2.04. The Hall–Kier alpha value is -2.38. The van der Waals surface area contributed by atoms with Crippen LogP contribution in [0.3, 0.4) is 0 Å². The summed E-state index contributed by atoms with van der Waals surface area (Å²) >= 11 is 0. The number of aromatic nitrogens is 4. The molecule has 1 amide bonds. The van der Waals surface area contributed by atoms with E-state index in [1.807, 2.05) is 47.7 Å². The largest absolute Gasteiger partial charge is 0.444 e. The molecule has 8 heteroatoms. The van der Waals surface area contributed by atoms with Gasteiger partial charge in [0.15, 0.2) is 5.82 Å². The third kappa shape index (κ3) is 4.33. The Morgan fingerprint density at radius 2 is 2.12 bits per heavy atom. The monoisotopic (exact) mass is 335 g/mol. The summed E-state index contributed by atoms with van der Waals surface area (Å²) in [5.41, 5.74) is 1.12. The van der Waals surface area contributed by atoms with Crippen LogP contribution in [-0.4, -0.2) is 49.6 Å².